The Morgan fingerprint density at radius 2 is 2.00 bits per heavy atom. The second kappa shape index (κ2) is 13.0. The van der Waals surface area contributed by atoms with E-state index in [0.717, 1.165) is 80.7 Å². The molecule has 0 bridgehead atoms. The molecule has 2 aliphatic carbocycles. The number of allylic oxidation sites excluding steroid dienone is 2. The third kappa shape index (κ3) is 6.79. The first-order valence-electron chi connectivity index (χ1n) is 15.2. The van der Waals surface area contributed by atoms with Gasteiger partial charge in [0, 0.05) is 48.6 Å². The predicted molar refractivity (Wildman–Crippen MR) is 171 cm³/mol. The smallest absolute Gasteiger partial charge is 0.192 e. The number of likely N-dealkylation sites (tertiary alicyclic amines) is 1. The van der Waals surface area contributed by atoms with Crippen molar-refractivity contribution in [1.29, 1.82) is 0 Å². The van der Waals surface area contributed by atoms with Crippen LogP contribution in [-0.4, -0.2) is 65.7 Å². The number of ketones is 1. The molecule has 1 aromatic carbocycles. The maximum atomic E-state index is 13.4. The zero-order valence-electron chi connectivity index (χ0n) is 25.3. The van der Waals surface area contributed by atoms with Gasteiger partial charge in [-0.2, -0.15) is 0 Å². The summed E-state index contributed by atoms with van der Waals surface area (Å²) in [5.74, 6) is 6.75. The van der Waals surface area contributed by atoms with E-state index in [0.29, 0.717) is 11.5 Å². The fourth-order valence-electron chi connectivity index (χ4n) is 6.19. The number of fused-ring (bicyclic) bond motifs is 1. The van der Waals surface area contributed by atoms with E-state index in [9.17, 15) is 9.59 Å². The van der Waals surface area contributed by atoms with E-state index < -0.39 is 6.04 Å². The Kier molecular flexibility index (Phi) is 9.18. The molecule has 1 aliphatic heterocycles. The lowest BCUT2D eigenvalue weighted by atomic mass is 9.88. The number of Topliss-reactive ketones (excluding diaryl/α,β-unsaturated/α-hetero) is 1. The van der Waals surface area contributed by atoms with Gasteiger partial charge >= 0.3 is 0 Å². The Hall–Kier alpha value is -3.82. The van der Waals surface area contributed by atoms with Crippen molar-refractivity contribution in [3.63, 3.8) is 0 Å². The lowest BCUT2D eigenvalue weighted by Gasteiger charge is -2.32. The van der Waals surface area contributed by atoms with Crippen molar-refractivity contribution in [3.8, 4) is 11.8 Å². The van der Waals surface area contributed by atoms with Crippen LogP contribution < -0.4 is 0 Å². The zero-order chi connectivity index (χ0) is 29.7. The van der Waals surface area contributed by atoms with Crippen molar-refractivity contribution < 1.29 is 9.59 Å². The number of rotatable bonds is 7. The summed E-state index contributed by atoms with van der Waals surface area (Å²) < 4.78 is 1.87. The number of aliphatic imine (C=N–C) groups is 2. The fourth-order valence-corrected chi connectivity index (χ4v) is 6.19. The first-order chi connectivity index (χ1) is 20.3. The monoisotopic (exact) mass is 562 g/mol. The summed E-state index contributed by atoms with van der Waals surface area (Å²) in [6.45, 7) is 9.29. The molecule has 0 N–H and O–H groups in total. The van der Waals surface area contributed by atoms with Crippen molar-refractivity contribution in [2.24, 2.45) is 21.3 Å². The average Bonchev–Trinajstić information content (AvgIpc) is 3.30. The molecule has 2 heterocycles. The molecule has 0 amide bonds. The van der Waals surface area contributed by atoms with Crippen molar-refractivity contribution in [2.75, 3.05) is 26.7 Å². The third-order valence-electron chi connectivity index (χ3n) is 8.56. The Balaban J connectivity index is 1.45. The van der Waals surface area contributed by atoms with Gasteiger partial charge in [0.25, 0.3) is 0 Å². The number of carbonyl (C=O) groups excluding carboxylic acids is 2. The normalized spacial score (nSPS) is 24.9. The van der Waals surface area contributed by atoms with Gasteiger partial charge in [0.15, 0.2) is 18.1 Å². The Labute approximate surface area is 250 Å². The van der Waals surface area contributed by atoms with Crippen molar-refractivity contribution in [2.45, 2.75) is 65.0 Å². The van der Waals surface area contributed by atoms with Gasteiger partial charge in [0.2, 0.25) is 0 Å². The van der Waals surface area contributed by atoms with Gasteiger partial charge < -0.3 is 9.36 Å². The lowest BCUT2D eigenvalue weighted by Crippen LogP contribution is -2.39. The molecule has 0 saturated carbocycles. The molecular weight excluding hydrogens is 520 g/mol. The molecule has 3 aliphatic rings. The summed E-state index contributed by atoms with van der Waals surface area (Å²) in [6, 6.07) is 10.3. The van der Waals surface area contributed by atoms with Crippen molar-refractivity contribution in [3.05, 3.63) is 83.2 Å². The highest BCUT2D eigenvalue weighted by molar-refractivity contribution is 6.48. The van der Waals surface area contributed by atoms with Crippen LogP contribution in [0.25, 0.3) is 0 Å². The second-order valence-corrected chi connectivity index (χ2v) is 12.5. The molecule has 0 radical (unpaired) electrons. The molecule has 6 nitrogen and oxygen atoms in total. The van der Waals surface area contributed by atoms with Crippen LogP contribution in [0.3, 0.4) is 0 Å². The van der Waals surface area contributed by atoms with Crippen LogP contribution in [0, 0.1) is 23.2 Å². The van der Waals surface area contributed by atoms with E-state index >= 15 is 0 Å². The van der Waals surface area contributed by atoms with E-state index in [1.54, 1.807) is 12.1 Å². The molecule has 5 rings (SSSR count). The Morgan fingerprint density at radius 3 is 2.76 bits per heavy atom. The molecule has 3 atom stereocenters. The number of piperidine rings is 1. The SMILES string of the molecule is CN=C1CC(C)CCc2c(ccn2C(C=O)C(=O)c2ccccc2)C1=NC1CCCN(CC2=CC#CC(C)(C)C=C2)C1. The highest BCUT2D eigenvalue weighted by Crippen LogP contribution is 2.29. The maximum Gasteiger partial charge on any atom is 0.192 e. The van der Waals surface area contributed by atoms with Crippen LogP contribution in [-0.2, 0) is 11.2 Å². The molecule has 3 unspecified atom stereocenters. The molecular formula is C36H42N4O2. The fraction of sp³-hybridized carbons (Fsp3) is 0.444. The largest absolute Gasteiger partial charge is 0.334 e. The minimum atomic E-state index is -0.909. The third-order valence-corrected chi connectivity index (χ3v) is 8.56. The lowest BCUT2D eigenvalue weighted by molar-refractivity contribution is -0.109. The molecule has 1 fully saturated rings. The number of hydrogen-bond donors (Lipinski definition) is 0. The van der Waals surface area contributed by atoms with Gasteiger partial charge in [-0.05, 0) is 76.1 Å². The summed E-state index contributed by atoms with van der Waals surface area (Å²) in [6.07, 6.45) is 13.8. The van der Waals surface area contributed by atoms with Gasteiger partial charge in [0.1, 0.15) is 0 Å². The van der Waals surface area contributed by atoms with Crippen LogP contribution >= 0.6 is 0 Å². The summed E-state index contributed by atoms with van der Waals surface area (Å²) in [7, 11) is 1.85. The van der Waals surface area contributed by atoms with E-state index in [1.165, 1.54) is 5.57 Å². The van der Waals surface area contributed by atoms with E-state index in [2.05, 4.69) is 49.7 Å². The minimum absolute atomic E-state index is 0.109. The van der Waals surface area contributed by atoms with Gasteiger partial charge in [-0.25, -0.2) is 0 Å². The van der Waals surface area contributed by atoms with Crippen LogP contribution in [0.2, 0.25) is 0 Å². The van der Waals surface area contributed by atoms with Gasteiger partial charge in [-0.15, -0.1) is 0 Å². The van der Waals surface area contributed by atoms with Crippen LogP contribution in [0.5, 0.6) is 0 Å². The second-order valence-electron chi connectivity index (χ2n) is 12.5. The summed E-state index contributed by atoms with van der Waals surface area (Å²) in [4.78, 5) is 38.4. The highest BCUT2D eigenvalue weighted by atomic mass is 16.1. The number of benzene rings is 1. The van der Waals surface area contributed by atoms with E-state index in [1.807, 2.05) is 48.2 Å². The average molecular weight is 563 g/mol. The molecule has 6 heteroatoms. The number of aldehydes is 1. The standard InChI is InChI=1S/C36H42N4O2/c1-26-14-15-32-30(17-21-40(32)33(25-41)35(42)28-11-6-5-7-12-28)34(31(22-26)37-4)38-29-13-9-20-39(24-29)23-27-10-8-18-36(2,3)19-16-27/h5-7,10-12,16-17,19,21,25-26,29,33H,9,13-15,20,22-24H2,1-4H3. The number of nitrogens with zero attached hydrogens (tertiary/aromatic N) is 4. The van der Waals surface area contributed by atoms with E-state index in [4.69, 9.17) is 9.98 Å². The molecule has 2 aromatic rings. The molecule has 1 aromatic heterocycles. The molecule has 42 heavy (non-hydrogen) atoms. The van der Waals surface area contributed by atoms with Gasteiger partial charge in [0.05, 0.1) is 17.5 Å². The maximum absolute atomic E-state index is 13.4. The summed E-state index contributed by atoms with van der Waals surface area (Å²) in [5.41, 5.74) is 5.58. The quantitative estimate of drug-likeness (QED) is 0.182. The predicted octanol–water partition coefficient (Wildman–Crippen LogP) is 5.93. The number of carbonyl (C=O) groups is 2. The Morgan fingerprint density at radius 1 is 1.19 bits per heavy atom. The van der Waals surface area contributed by atoms with Crippen LogP contribution in [0.1, 0.15) is 74.1 Å². The van der Waals surface area contributed by atoms with Crippen molar-refractivity contribution in [1.82, 2.24) is 9.47 Å². The van der Waals surface area contributed by atoms with Gasteiger partial charge in [-0.3, -0.25) is 19.7 Å². The van der Waals surface area contributed by atoms with E-state index in [-0.39, 0.29) is 17.2 Å². The molecule has 218 valence electrons. The highest BCUT2D eigenvalue weighted by Gasteiger charge is 2.30. The number of hydrogen-bond acceptors (Lipinski definition) is 5. The molecule has 1 saturated heterocycles. The first kappa shape index (κ1) is 29.7. The molecule has 0 spiro atoms. The zero-order valence-corrected chi connectivity index (χ0v) is 25.3. The summed E-state index contributed by atoms with van der Waals surface area (Å²) >= 11 is 0. The minimum Gasteiger partial charge on any atom is -0.334 e. The van der Waals surface area contributed by atoms with Gasteiger partial charge in [-0.1, -0.05) is 61.2 Å². The summed E-state index contributed by atoms with van der Waals surface area (Å²) in [5, 5.41) is 0. The van der Waals surface area contributed by atoms with Crippen molar-refractivity contribution >= 4 is 23.5 Å². The first-order valence-corrected chi connectivity index (χ1v) is 15.2. The number of aromatic nitrogens is 1. The van der Waals surface area contributed by atoms with Crippen LogP contribution in [0.15, 0.2) is 76.4 Å². The Bertz CT molecular complexity index is 1500. The topological polar surface area (TPSA) is 67.0 Å². The van der Waals surface area contributed by atoms with Crippen LogP contribution in [0.4, 0.5) is 0 Å².